The van der Waals surface area contributed by atoms with Crippen molar-refractivity contribution in [2.75, 3.05) is 6.54 Å². The molecule has 2 nitrogen and oxygen atoms in total. The van der Waals surface area contributed by atoms with E-state index in [1.165, 1.54) is 0 Å². The van der Waals surface area contributed by atoms with E-state index < -0.39 is 4.58 Å². The summed E-state index contributed by atoms with van der Waals surface area (Å²) in [5, 5.41) is 2.88. The van der Waals surface area contributed by atoms with Gasteiger partial charge in [0.25, 0.3) is 5.91 Å². The second kappa shape index (κ2) is 6.90. The van der Waals surface area contributed by atoms with Crippen molar-refractivity contribution in [3.8, 4) is 0 Å². The zero-order chi connectivity index (χ0) is 14.6. The average Bonchev–Trinajstić information content (AvgIpc) is 3.05. The highest BCUT2D eigenvalue weighted by Crippen LogP contribution is 2.54. The lowest BCUT2D eigenvalue weighted by atomic mass is 10.1. The van der Waals surface area contributed by atoms with Gasteiger partial charge in [0.05, 0.1) is 0 Å². The van der Waals surface area contributed by atoms with Crippen molar-refractivity contribution in [3.05, 3.63) is 35.4 Å². The summed E-state index contributed by atoms with van der Waals surface area (Å²) < 4.78 is 12.1. The Hall–Kier alpha value is -0.610. The molecule has 2 atom stereocenters. The molecule has 1 N–H and O–H groups in total. The van der Waals surface area contributed by atoms with Gasteiger partial charge in [-0.25, -0.2) is 4.39 Å². The van der Waals surface area contributed by atoms with E-state index in [1.807, 2.05) is 12.1 Å². The number of hydrogen-bond acceptors (Lipinski definition) is 1. The van der Waals surface area contributed by atoms with Crippen molar-refractivity contribution in [2.45, 2.75) is 36.1 Å². The Morgan fingerprint density at radius 1 is 1.50 bits per heavy atom. The standard InChI is InChI=1S/C15H18BrClFNO/c16-15(18)9-13(15)6-1-2-7-19-14(20)12-5-3-4-11(8-12)10-17/h3-5,8,13H,1-2,6-7,9-10H2,(H,19,20). The monoisotopic (exact) mass is 361 g/mol. The van der Waals surface area contributed by atoms with Crippen LogP contribution in [0.4, 0.5) is 4.39 Å². The van der Waals surface area contributed by atoms with Crippen LogP contribution >= 0.6 is 27.5 Å². The molecule has 1 amide bonds. The van der Waals surface area contributed by atoms with Gasteiger partial charge in [-0.1, -0.05) is 18.6 Å². The summed E-state index contributed by atoms with van der Waals surface area (Å²) in [5.41, 5.74) is 1.57. The SMILES string of the molecule is O=C(NCCCCC1CC1(F)Br)c1cccc(CCl)c1. The van der Waals surface area contributed by atoms with Gasteiger partial charge in [-0.05, 0) is 52.9 Å². The number of halogens is 3. The van der Waals surface area contributed by atoms with Gasteiger partial charge in [0.1, 0.15) is 0 Å². The van der Waals surface area contributed by atoms with Gasteiger partial charge in [-0.2, -0.15) is 0 Å². The van der Waals surface area contributed by atoms with Gasteiger partial charge in [-0.3, -0.25) is 4.79 Å². The zero-order valence-corrected chi connectivity index (χ0v) is 13.5. The number of amides is 1. The molecule has 5 heteroatoms. The van der Waals surface area contributed by atoms with Gasteiger partial charge < -0.3 is 5.32 Å². The van der Waals surface area contributed by atoms with Crippen LogP contribution in [-0.2, 0) is 5.88 Å². The molecule has 0 aromatic heterocycles. The van der Waals surface area contributed by atoms with Gasteiger partial charge in [0, 0.05) is 23.9 Å². The van der Waals surface area contributed by atoms with Gasteiger partial charge in [-0.15, -0.1) is 11.6 Å². The Balaban J connectivity index is 1.65. The normalized spacial score (nSPS) is 24.4. The molecule has 0 radical (unpaired) electrons. The van der Waals surface area contributed by atoms with E-state index in [4.69, 9.17) is 11.6 Å². The topological polar surface area (TPSA) is 29.1 Å². The first-order valence-corrected chi connectivity index (χ1v) is 8.16. The number of carbonyl (C=O) groups excluding carboxylic acids is 1. The third kappa shape index (κ3) is 4.45. The molecule has 2 rings (SSSR count). The van der Waals surface area contributed by atoms with E-state index in [2.05, 4.69) is 21.2 Å². The molecule has 1 saturated carbocycles. The van der Waals surface area contributed by atoms with Crippen LogP contribution in [0, 0.1) is 5.92 Å². The molecule has 0 bridgehead atoms. The number of benzene rings is 1. The predicted molar refractivity (Wildman–Crippen MR) is 83.1 cm³/mol. The minimum atomic E-state index is -1.11. The van der Waals surface area contributed by atoms with Crippen molar-refractivity contribution in [1.29, 1.82) is 0 Å². The number of carbonyl (C=O) groups is 1. The highest BCUT2D eigenvalue weighted by Gasteiger charge is 2.52. The molecule has 1 aromatic carbocycles. The van der Waals surface area contributed by atoms with Crippen molar-refractivity contribution < 1.29 is 9.18 Å². The molecule has 1 aliphatic carbocycles. The number of nitrogens with one attached hydrogen (secondary N) is 1. The third-order valence-corrected chi connectivity index (χ3v) is 4.84. The maximum atomic E-state index is 13.2. The molecule has 0 heterocycles. The minimum Gasteiger partial charge on any atom is -0.352 e. The van der Waals surface area contributed by atoms with E-state index >= 15 is 0 Å². The molecular formula is C15H18BrClFNO. The maximum absolute atomic E-state index is 13.2. The molecule has 110 valence electrons. The quantitative estimate of drug-likeness (QED) is 0.565. The fourth-order valence-electron chi connectivity index (χ4n) is 2.20. The lowest BCUT2D eigenvalue weighted by molar-refractivity contribution is 0.0952. The first-order valence-electron chi connectivity index (χ1n) is 6.84. The van der Waals surface area contributed by atoms with Crippen LogP contribution in [0.1, 0.15) is 41.6 Å². The third-order valence-electron chi connectivity index (χ3n) is 3.56. The van der Waals surface area contributed by atoms with Gasteiger partial charge in [0.15, 0.2) is 4.58 Å². The van der Waals surface area contributed by atoms with E-state index in [0.29, 0.717) is 24.4 Å². The Kier molecular flexibility index (Phi) is 5.44. The van der Waals surface area contributed by atoms with Crippen LogP contribution in [0.5, 0.6) is 0 Å². The highest BCUT2D eigenvalue weighted by atomic mass is 79.9. The first kappa shape index (κ1) is 15.8. The molecule has 0 saturated heterocycles. The molecule has 1 aromatic rings. The van der Waals surface area contributed by atoms with E-state index in [0.717, 1.165) is 24.8 Å². The Morgan fingerprint density at radius 2 is 2.25 bits per heavy atom. The number of hydrogen-bond donors (Lipinski definition) is 1. The number of alkyl halides is 3. The lowest BCUT2D eigenvalue weighted by Gasteiger charge is -2.06. The van der Waals surface area contributed by atoms with Gasteiger partial charge in [0.2, 0.25) is 0 Å². The molecule has 1 aliphatic rings. The number of unbranched alkanes of at least 4 members (excludes halogenated alkanes) is 1. The molecule has 1 fully saturated rings. The predicted octanol–water partition coefficient (Wildman–Crippen LogP) is 4.41. The lowest BCUT2D eigenvalue weighted by Crippen LogP contribution is -2.24. The van der Waals surface area contributed by atoms with Crippen molar-refractivity contribution >= 4 is 33.4 Å². The fourth-order valence-corrected chi connectivity index (χ4v) is 2.98. The largest absolute Gasteiger partial charge is 0.352 e. The Labute approximate surface area is 132 Å². The van der Waals surface area contributed by atoms with Gasteiger partial charge >= 0.3 is 0 Å². The second-order valence-corrected chi connectivity index (χ2v) is 6.83. The Morgan fingerprint density at radius 3 is 2.90 bits per heavy atom. The molecular weight excluding hydrogens is 345 g/mol. The molecule has 2 unspecified atom stereocenters. The number of rotatable bonds is 7. The van der Waals surface area contributed by atoms with Crippen LogP contribution in [-0.4, -0.2) is 17.0 Å². The Bertz CT molecular complexity index is 481. The van der Waals surface area contributed by atoms with Crippen LogP contribution in [0.15, 0.2) is 24.3 Å². The highest BCUT2D eigenvalue weighted by molar-refractivity contribution is 9.10. The second-order valence-electron chi connectivity index (χ2n) is 5.25. The average molecular weight is 363 g/mol. The van der Waals surface area contributed by atoms with E-state index in [-0.39, 0.29) is 11.8 Å². The zero-order valence-electron chi connectivity index (χ0n) is 11.2. The van der Waals surface area contributed by atoms with E-state index in [9.17, 15) is 9.18 Å². The summed E-state index contributed by atoms with van der Waals surface area (Å²) in [6, 6.07) is 7.30. The summed E-state index contributed by atoms with van der Waals surface area (Å²) in [5.74, 6) is 0.474. The van der Waals surface area contributed by atoms with Crippen molar-refractivity contribution in [3.63, 3.8) is 0 Å². The summed E-state index contributed by atoms with van der Waals surface area (Å²) >= 11 is 8.78. The summed E-state index contributed by atoms with van der Waals surface area (Å²) in [4.78, 5) is 11.9. The summed E-state index contributed by atoms with van der Waals surface area (Å²) in [6.07, 6.45) is 3.30. The van der Waals surface area contributed by atoms with E-state index in [1.54, 1.807) is 12.1 Å². The molecule has 0 spiro atoms. The van der Waals surface area contributed by atoms with Crippen molar-refractivity contribution in [2.24, 2.45) is 5.92 Å². The molecule has 20 heavy (non-hydrogen) atoms. The summed E-state index contributed by atoms with van der Waals surface area (Å²) in [7, 11) is 0. The smallest absolute Gasteiger partial charge is 0.251 e. The molecule has 0 aliphatic heterocycles. The first-order chi connectivity index (χ1) is 9.53. The van der Waals surface area contributed by atoms with Crippen LogP contribution in [0.25, 0.3) is 0 Å². The maximum Gasteiger partial charge on any atom is 0.251 e. The summed E-state index contributed by atoms with van der Waals surface area (Å²) in [6.45, 7) is 0.623. The van der Waals surface area contributed by atoms with Crippen LogP contribution in [0.2, 0.25) is 0 Å². The van der Waals surface area contributed by atoms with Crippen LogP contribution in [0.3, 0.4) is 0 Å². The fraction of sp³-hybridized carbons (Fsp3) is 0.533. The van der Waals surface area contributed by atoms with Crippen molar-refractivity contribution in [1.82, 2.24) is 5.32 Å². The minimum absolute atomic E-state index is 0.0799. The van der Waals surface area contributed by atoms with Crippen LogP contribution < -0.4 is 5.32 Å².